The highest BCUT2D eigenvalue weighted by atomic mass is 16.2. The van der Waals surface area contributed by atoms with E-state index in [0.29, 0.717) is 36.2 Å². The Morgan fingerprint density at radius 2 is 2.02 bits per heavy atom. The first-order valence-corrected chi connectivity index (χ1v) is 14.4. The number of carbonyl (C=O) groups excluding carboxylic acids is 2. The third kappa shape index (κ3) is 6.76. The summed E-state index contributed by atoms with van der Waals surface area (Å²) < 4.78 is 0. The van der Waals surface area contributed by atoms with Gasteiger partial charge >= 0.3 is 0 Å². The van der Waals surface area contributed by atoms with Gasteiger partial charge in [0.05, 0.1) is 18.0 Å². The number of nitriles is 1. The Hall–Kier alpha value is -3.58. The number of hydrogen-bond acceptors (Lipinski definition) is 7. The first-order valence-electron chi connectivity index (χ1n) is 14.4. The van der Waals surface area contributed by atoms with Gasteiger partial charge < -0.3 is 15.5 Å². The van der Waals surface area contributed by atoms with Crippen molar-refractivity contribution >= 4 is 11.8 Å². The molecule has 3 atom stereocenters. The number of nitrogens with one attached hydrogen (secondary N) is 3. The van der Waals surface area contributed by atoms with Crippen molar-refractivity contribution in [3.63, 3.8) is 0 Å². The Kier molecular flexibility index (Phi) is 11.0. The molecular weight excluding hydrogens is 504 g/mol. The summed E-state index contributed by atoms with van der Waals surface area (Å²) in [6.45, 7) is 11.4. The second kappa shape index (κ2) is 14.2. The van der Waals surface area contributed by atoms with Crippen LogP contribution >= 0.6 is 0 Å². The lowest BCUT2D eigenvalue weighted by atomic mass is 9.67. The van der Waals surface area contributed by atoms with Crippen LogP contribution in [-0.2, 0) is 16.6 Å². The summed E-state index contributed by atoms with van der Waals surface area (Å²) in [6, 6.07) is 7.90. The molecule has 0 aliphatic heterocycles. The average Bonchev–Trinajstić information content (AvgIpc) is 3.45. The maximum absolute atomic E-state index is 13.2. The van der Waals surface area contributed by atoms with Gasteiger partial charge in [-0.2, -0.15) is 10.5 Å². The lowest BCUT2D eigenvalue weighted by Gasteiger charge is -2.37. The quantitative estimate of drug-likeness (QED) is 0.257. The number of amides is 2. The highest BCUT2D eigenvalue weighted by Crippen LogP contribution is 2.46. The Morgan fingerprint density at radius 3 is 2.62 bits per heavy atom. The highest BCUT2D eigenvalue weighted by molar-refractivity contribution is 5.94. The number of allylic oxidation sites excluding steroid dienone is 2. The van der Waals surface area contributed by atoms with Crippen LogP contribution in [0.4, 0.5) is 0 Å². The Labute approximate surface area is 238 Å². The summed E-state index contributed by atoms with van der Waals surface area (Å²) in [5.41, 5.74) is 3.26. The van der Waals surface area contributed by atoms with Gasteiger partial charge in [-0.1, -0.05) is 57.0 Å². The van der Waals surface area contributed by atoms with E-state index in [-0.39, 0.29) is 30.9 Å². The second-order valence-corrected chi connectivity index (χ2v) is 11.0. The van der Waals surface area contributed by atoms with E-state index in [4.69, 9.17) is 0 Å². The van der Waals surface area contributed by atoms with E-state index in [2.05, 4.69) is 78.0 Å². The van der Waals surface area contributed by atoms with Crippen molar-refractivity contribution in [2.75, 3.05) is 26.7 Å². The number of fused-ring (bicyclic) bond motifs is 1. The maximum atomic E-state index is 13.2. The van der Waals surface area contributed by atoms with Gasteiger partial charge in [0.15, 0.2) is 5.82 Å². The number of benzene rings is 1. The van der Waals surface area contributed by atoms with Gasteiger partial charge in [0, 0.05) is 25.2 Å². The number of rotatable bonds is 13. The predicted molar refractivity (Wildman–Crippen MR) is 154 cm³/mol. The summed E-state index contributed by atoms with van der Waals surface area (Å²) in [4.78, 5) is 27.3. The molecule has 2 amide bonds. The number of H-pyrrole nitrogens is 1. The molecule has 10 nitrogen and oxygen atoms in total. The second-order valence-electron chi connectivity index (χ2n) is 11.0. The van der Waals surface area contributed by atoms with Crippen molar-refractivity contribution in [3.8, 4) is 6.07 Å². The largest absolute Gasteiger partial charge is 0.355 e. The van der Waals surface area contributed by atoms with Crippen LogP contribution in [0, 0.1) is 23.2 Å². The highest BCUT2D eigenvalue weighted by Gasteiger charge is 2.44. The molecule has 1 aromatic carbocycles. The number of nitrogens with zero attached hydrogens (tertiary/aromatic N) is 5. The van der Waals surface area contributed by atoms with Crippen LogP contribution < -0.4 is 10.6 Å². The van der Waals surface area contributed by atoms with Crippen LogP contribution in [-0.4, -0.2) is 70.1 Å². The molecule has 0 spiro atoms. The van der Waals surface area contributed by atoms with E-state index in [1.54, 1.807) is 11.9 Å². The molecule has 2 aromatic rings. The minimum absolute atomic E-state index is 0.0781. The Balaban J connectivity index is 1.92. The zero-order valence-corrected chi connectivity index (χ0v) is 24.8. The zero-order chi connectivity index (χ0) is 29.3. The van der Waals surface area contributed by atoms with Crippen LogP contribution in [0.25, 0.3) is 0 Å². The maximum Gasteiger partial charge on any atom is 0.251 e. The molecule has 216 valence electrons. The van der Waals surface area contributed by atoms with Crippen molar-refractivity contribution in [1.29, 1.82) is 5.26 Å². The smallest absolute Gasteiger partial charge is 0.251 e. The first-order chi connectivity index (χ1) is 19.2. The van der Waals surface area contributed by atoms with E-state index < -0.39 is 5.41 Å². The van der Waals surface area contributed by atoms with Crippen molar-refractivity contribution in [2.24, 2.45) is 11.8 Å². The van der Waals surface area contributed by atoms with E-state index in [9.17, 15) is 14.9 Å². The fourth-order valence-corrected chi connectivity index (χ4v) is 5.98. The lowest BCUT2D eigenvalue weighted by Crippen LogP contribution is -2.46. The van der Waals surface area contributed by atoms with E-state index in [1.807, 2.05) is 18.2 Å². The van der Waals surface area contributed by atoms with Gasteiger partial charge in [0.25, 0.3) is 5.91 Å². The molecule has 10 heteroatoms. The van der Waals surface area contributed by atoms with Crippen LogP contribution in [0.5, 0.6) is 0 Å². The first kappa shape index (κ1) is 31.0. The molecule has 40 heavy (non-hydrogen) atoms. The molecule has 0 saturated carbocycles. The third-order valence-corrected chi connectivity index (χ3v) is 8.27. The number of aromatic nitrogens is 4. The van der Waals surface area contributed by atoms with Gasteiger partial charge in [-0.25, -0.2) is 0 Å². The minimum Gasteiger partial charge on any atom is -0.355 e. The zero-order valence-electron chi connectivity index (χ0n) is 24.8. The van der Waals surface area contributed by atoms with Crippen molar-refractivity contribution in [2.45, 2.75) is 78.2 Å². The molecule has 2 unspecified atom stereocenters. The van der Waals surface area contributed by atoms with Crippen LogP contribution in [0.3, 0.4) is 0 Å². The molecule has 1 aromatic heterocycles. The molecule has 1 heterocycles. The topological polar surface area (TPSA) is 140 Å². The molecule has 3 rings (SSSR count). The summed E-state index contributed by atoms with van der Waals surface area (Å²) in [5.74, 6) is 1.14. The summed E-state index contributed by atoms with van der Waals surface area (Å²) in [7, 11) is 1.63. The number of aromatic amines is 1. The molecule has 0 fully saturated rings. The van der Waals surface area contributed by atoms with Crippen LogP contribution in [0.1, 0.15) is 87.6 Å². The normalized spacial score (nSPS) is 18.2. The molecule has 0 saturated heterocycles. The molecule has 0 bridgehead atoms. The number of tetrazole rings is 1. The average molecular weight is 549 g/mol. The fraction of sp³-hybridized carbons (Fsp3) is 0.600. The number of carbonyl (C=O) groups is 2. The summed E-state index contributed by atoms with van der Waals surface area (Å²) in [5, 5.41) is 31.0. The molecule has 1 aliphatic carbocycles. The van der Waals surface area contributed by atoms with Gasteiger partial charge in [-0.05, 0) is 67.7 Å². The van der Waals surface area contributed by atoms with Gasteiger partial charge in [0.1, 0.15) is 6.54 Å². The Bertz CT molecular complexity index is 1220. The third-order valence-electron chi connectivity index (χ3n) is 8.27. The van der Waals surface area contributed by atoms with Gasteiger partial charge in [-0.15, -0.1) is 10.2 Å². The fourth-order valence-electron chi connectivity index (χ4n) is 5.98. The molecule has 0 radical (unpaired) electrons. The Morgan fingerprint density at radius 1 is 1.25 bits per heavy atom. The number of hydrogen-bond donors (Lipinski definition) is 3. The minimum atomic E-state index is -0.679. The van der Waals surface area contributed by atoms with E-state index in [0.717, 1.165) is 36.8 Å². The predicted octanol–water partition coefficient (Wildman–Crippen LogP) is 3.53. The van der Waals surface area contributed by atoms with Gasteiger partial charge in [0.2, 0.25) is 5.91 Å². The van der Waals surface area contributed by atoms with Crippen LogP contribution in [0.2, 0.25) is 0 Å². The summed E-state index contributed by atoms with van der Waals surface area (Å²) >= 11 is 0. The van der Waals surface area contributed by atoms with Crippen molar-refractivity contribution in [3.05, 3.63) is 52.4 Å². The van der Waals surface area contributed by atoms with E-state index >= 15 is 0 Å². The standard InChI is InChI=1S/C30H44N8O2/c1-7-22(20(3)4)19-38(15-14-31)27(39)18-33-21(5)17-30(29-34-36-37-35-29)25(8-2)11-9-10-23-16-24(28(40)32-6)12-13-26(23)30/h11-13,16,20-22,33H,7-10,15,17-19H2,1-6H3,(H,32,40)(H,34,35,36,37)/t21-,22?,30?/m1/s1. The molecule has 1 aliphatic rings. The van der Waals surface area contributed by atoms with Crippen molar-refractivity contribution < 1.29 is 9.59 Å². The van der Waals surface area contributed by atoms with Crippen molar-refractivity contribution in [1.82, 2.24) is 36.2 Å². The van der Waals surface area contributed by atoms with Gasteiger partial charge in [-0.3, -0.25) is 9.59 Å². The summed E-state index contributed by atoms with van der Waals surface area (Å²) in [6.07, 6.45) is 6.23. The SMILES string of the molecule is CCC1=CCCc2cc(C(=O)NC)ccc2C1(C[C@@H](C)NCC(=O)N(CC#N)CC(CC)C(C)C)c1nn[nH]n1. The van der Waals surface area contributed by atoms with Crippen LogP contribution in [0.15, 0.2) is 29.8 Å². The lowest BCUT2D eigenvalue weighted by molar-refractivity contribution is -0.130. The molecule has 3 N–H and O–H groups in total. The van der Waals surface area contributed by atoms with E-state index in [1.165, 1.54) is 5.57 Å². The monoisotopic (exact) mass is 548 g/mol. The number of aryl methyl sites for hydroxylation is 1. The molecular formula is C30H44N8O2.